The number of amides is 1. The molecule has 2 unspecified atom stereocenters. The molecule has 2 N–H and O–H groups in total. The van der Waals surface area contributed by atoms with Gasteiger partial charge in [-0.3, -0.25) is 19.3 Å². The van der Waals surface area contributed by atoms with E-state index in [0.29, 0.717) is 85.7 Å². The summed E-state index contributed by atoms with van der Waals surface area (Å²) in [5.41, 5.74) is 2.09. The molecule has 0 saturated carbocycles. The number of nitrogens with one attached hydrogen (secondary N) is 1. The predicted octanol–water partition coefficient (Wildman–Crippen LogP) is 5.31. The molecule has 17 heteroatoms. The van der Waals surface area contributed by atoms with Crippen molar-refractivity contribution in [3.05, 3.63) is 48.0 Å². The smallest absolute Gasteiger partial charge is 0.305 e. The van der Waals surface area contributed by atoms with Crippen LogP contribution in [0.15, 0.2) is 46.1 Å². The fourth-order valence-electron chi connectivity index (χ4n) is 6.39. The Hall–Kier alpha value is -4.78. The first kappa shape index (κ1) is 51.6. The zero-order valence-electron chi connectivity index (χ0n) is 38.0. The Kier molecular flexibility index (Phi) is 22.2. The summed E-state index contributed by atoms with van der Waals surface area (Å²) < 4.78 is 33.4. The summed E-state index contributed by atoms with van der Waals surface area (Å²) in [4.78, 5) is 55.1. The van der Waals surface area contributed by atoms with E-state index in [1.807, 2.05) is 66.7 Å². The standard InChI is InChI=1S/C23H45N3O6.C22H24N4O4/c1-18(2)19(16-27)31-22(32-23(3,4)5)17-30-21(29)9-7-8-20(28)24-10-11-26-14-12-25(6)13-15-26;1-5-8-17-18-19(30-22(17)23-4)21(26-9-11-28-12-10-26)25-20(24-18)15(6-2)13-16(7-3)29-14-27/h18-19,22,27H,7-17H2,1-6H3,(H,24,28);5-8,13-14H,3-4,9-12H2,1-2H3/b;8-5-,15-6+,16-13+. The van der Waals surface area contributed by atoms with E-state index in [0.717, 1.165) is 38.3 Å². The van der Waals surface area contributed by atoms with Crippen molar-refractivity contribution in [3.8, 4) is 0 Å². The number of aliphatic hydroxyl groups is 1. The van der Waals surface area contributed by atoms with Crippen LogP contribution in [0.2, 0.25) is 0 Å². The largest absolute Gasteiger partial charge is 0.460 e. The Morgan fingerprint density at radius 1 is 1.06 bits per heavy atom. The van der Waals surface area contributed by atoms with E-state index in [1.54, 1.807) is 6.08 Å². The summed E-state index contributed by atoms with van der Waals surface area (Å²) in [6, 6.07) is 0. The van der Waals surface area contributed by atoms with Gasteiger partial charge in [-0.15, -0.1) is 0 Å². The first-order chi connectivity index (χ1) is 29.7. The van der Waals surface area contributed by atoms with Crippen molar-refractivity contribution in [2.24, 2.45) is 10.9 Å². The van der Waals surface area contributed by atoms with Gasteiger partial charge in [-0.1, -0.05) is 38.7 Å². The number of fused-ring (bicyclic) bond motifs is 1. The number of hydrogen-bond donors (Lipinski definition) is 2. The monoisotopic (exact) mass is 868 g/mol. The van der Waals surface area contributed by atoms with Gasteiger partial charge in [-0.25, -0.2) is 15.0 Å². The number of rotatable bonds is 22. The molecule has 4 rings (SSSR count). The SMILES string of the molecule is C=C/C(=C\C(=C/C)c1nc(N2CCOCC2)c2oc(N=C)c(/C=C\C)c2n1)OC=O.CC(C)C(CO)OC(COC(=O)CCCC(=O)NCCN1CCN(C)CC1)OC(C)(C)C. The van der Waals surface area contributed by atoms with Crippen LogP contribution in [-0.2, 0) is 38.1 Å². The predicted molar refractivity (Wildman–Crippen MR) is 241 cm³/mol. The minimum Gasteiger partial charge on any atom is -0.460 e. The van der Waals surface area contributed by atoms with Gasteiger partial charge in [0.2, 0.25) is 11.8 Å². The summed E-state index contributed by atoms with van der Waals surface area (Å²) in [7, 11) is 2.12. The maximum absolute atomic E-state index is 12.1. The lowest BCUT2D eigenvalue weighted by Crippen LogP contribution is -2.46. The highest BCUT2D eigenvalue weighted by Gasteiger charge is 2.27. The third-order valence-corrected chi connectivity index (χ3v) is 9.82. The van der Waals surface area contributed by atoms with Crippen molar-refractivity contribution in [3.63, 3.8) is 0 Å². The van der Waals surface area contributed by atoms with Crippen LogP contribution in [0.3, 0.4) is 0 Å². The van der Waals surface area contributed by atoms with Gasteiger partial charge < -0.3 is 48.3 Å². The molecule has 62 heavy (non-hydrogen) atoms. The molecule has 2 aromatic rings. The van der Waals surface area contributed by atoms with E-state index in [2.05, 4.69) is 45.4 Å². The molecular weight excluding hydrogens is 799 g/mol. The summed E-state index contributed by atoms with van der Waals surface area (Å²) in [6.07, 6.45) is 8.41. The zero-order chi connectivity index (χ0) is 45.7. The summed E-state index contributed by atoms with van der Waals surface area (Å²) in [5.74, 6) is 1.45. The molecule has 0 bridgehead atoms. The lowest BCUT2D eigenvalue weighted by Gasteiger charge is -2.32. The van der Waals surface area contributed by atoms with Crippen LogP contribution in [-0.4, -0.2) is 154 Å². The van der Waals surface area contributed by atoms with Crippen LogP contribution in [0, 0.1) is 5.92 Å². The highest BCUT2D eigenvalue weighted by atomic mass is 16.7. The number of hydrogen-bond acceptors (Lipinski definition) is 16. The molecule has 2 aliphatic rings. The Morgan fingerprint density at radius 3 is 2.35 bits per heavy atom. The average Bonchev–Trinajstić information content (AvgIpc) is 3.60. The molecule has 1 amide bonds. The number of nitrogens with zero attached hydrogens (tertiary/aromatic N) is 6. The Bertz CT molecular complexity index is 1840. The quantitative estimate of drug-likeness (QED) is 0.0387. The van der Waals surface area contributed by atoms with Crippen molar-refractivity contribution >= 4 is 59.5 Å². The van der Waals surface area contributed by atoms with E-state index < -0.39 is 24.0 Å². The second-order valence-corrected chi connectivity index (χ2v) is 16.1. The number of ether oxygens (including phenoxy) is 5. The molecule has 2 aliphatic heterocycles. The number of piperazine rings is 1. The number of aliphatic imine (C=N–C) groups is 1. The highest BCUT2D eigenvalue weighted by Crippen LogP contribution is 2.37. The van der Waals surface area contributed by atoms with E-state index >= 15 is 0 Å². The number of esters is 1. The fraction of sp³-hybridized carbons (Fsp3) is 0.600. The zero-order valence-corrected chi connectivity index (χ0v) is 38.0. The lowest BCUT2D eigenvalue weighted by atomic mass is 10.1. The third kappa shape index (κ3) is 17.2. The fourth-order valence-corrected chi connectivity index (χ4v) is 6.39. The number of aliphatic hydroxyl groups excluding tert-OH is 1. The van der Waals surface area contributed by atoms with Gasteiger partial charge in [0.15, 0.2) is 23.5 Å². The van der Waals surface area contributed by atoms with E-state index in [1.165, 1.54) is 6.08 Å². The van der Waals surface area contributed by atoms with E-state index in [4.69, 9.17) is 38.1 Å². The van der Waals surface area contributed by atoms with Crippen LogP contribution >= 0.6 is 0 Å². The third-order valence-electron chi connectivity index (χ3n) is 9.82. The molecule has 17 nitrogen and oxygen atoms in total. The van der Waals surface area contributed by atoms with Gasteiger partial charge in [0.05, 0.1) is 37.1 Å². The van der Waals surface area contributed by atoms with Gasteiger partial charge >= 0.3 is 5.97 Å². The molecule has 0 spiro atoms. The molecule has 4 heterocycles. The van der Waals surface area contributed by atoms with Gasteiger partial charge in [0.1, 0.15) is 17.9 Å². The van der Waals surface area contributed by atoms with Crippen LogP contribution in [0.5, 0.6) is 0 Å². The molecular formula is C45H69N7O10. The first-order valence-corrected chi connectivity index (χ1v) is 21.3. The molecule has 0 radical (unpaired) electrons. The maximum atomic E-state index is 12.1. The Morgan fingerprint density at radius 2 is 1.77 bits per heavy atom. The number of morpholine rings is 1. The number of furan rings is 1. The van der Waals surface area contributed by atoms with E-state index in [9.17, 15) is 19.5 Å². The minimum atomic E-state index is -0.767. The molecule has 2 aromatic heterocycles. The summed E-state index contributed by atoms with van der Waals surface area (Å²) >= 11 is 0. The van der Waals surface area contributed by atoms with E-state index in [-0.39, 0.29) is 37.9 Å². The number of carbonyl (C=O) groups excluding carboxylic acids is 3. The normalized spacial score (nSPS) is 16.8. The molecule has 344 valence electrons. The van der Waals surface area contributed by atoms with Gasteiger partial charge in [-0.2, -0.15) is 0 Å². The number of aromatic nitrogens is 2. The van der Waals surface area contributed by atoms with Gasteiger partial charge in [-0.05, 0) is 72.9 Å². The number of allylic oxidation sites excluding steroid dienone is 5. The van der Waals surface area contributed by atoms with Crippen molar-refractivity contribution in [2.75, 3.05) is 90.7 Å². The van der Waals surface area contributed by atoms with Crippen molar-refractivity contribution in [2.45, 2.75) is 85.7 Å². The van der Waals surface area contributed by atoms with Crippen molar-refractivity contribution in [1.82, 2.24) is 25.1 Å². The van der Waals surface area contributed by atoms with Gasteiger partial charge in [0.25, 0.3) is 6.47 Å². The van der Waals surface area contributed by atoms with Crippen molar-refractivity contribution < 1.29 is 47.6 Å². The first-order valence-electron chi connectivity index (χ1n) is 21.3. The molecule has 2 atom stereocenters. The minimum absolute atomic E-state index is 0.0491. The average molecular weight is 868 g/mol. The lowest BCUT2D eigenvalue weighted by molar-refractivity contribution is -0.243. The van der Waals surface area contributed by atoms with Crippen LogP contribution in [0.4, 0.5) is 11.7 Å². The maximum Gasteiger partial charge on any atom is 0.305 e. The summed E-state index contributed by atoms with van der Waals surface area (Å²) in [5, 5.41) is 12.4. The van der Waals surface area contributed by atoms with Crippen LogP contribution < -0.4 is 10.2 Å². The second-order valence-electron chi connectivity index (χ2n) is 16.1. The molecule has 2 saturated heterocycles. The van der Waals surface area contributed by atoms with Gasteiger partial charge in [0, 0.05) is 70.8 Å². The number of anilines is 1. The second kappa shape index (κ2) is 26.6. The highest BCUT2D eigenvalue weighted by molar-refractivity contribution is 5.96. The van der Waals surface area contributed by atoms with Crippen molar-refractivity contribution in [1.29, 1.82) is 0 Å². The topological polar surface area (TPSA) is 191 Å². The molecule has 0 aromatic carbocycles. The number of carbonyl (C=O) groups is 3. The van der Waals surface area contributed by atoms with Crippen LogP contribution in [0.25, 0.3) is 22.7 Å². The molecule has 0 aliphatic carbocycles. The number of likely N-dealkylation sites (N-methyl/N-ethyl adjacent to an activating group) is 1. The summed E-state index contributed by atoms with van der Waals surface area (Å²) in [6.45, 7) is 28.9. The Labute approximate surface area is 366 Å². The molecule has 2 fully saturated rings. The van der Waals surface area contributed by atoms with Crippen LogP contribution in [0.1, 0.15) is 79.1 Å². The Balaban J connectivity index is 0.000000331.